The fourth-order valence-corrected chi connectivity index (χ4v) is 3.24. The van der Waals surface area contributed by atoms with Crippen LogP contribution in [0.4, 0.5) is 4.39 Å². The average molecular weight is 377 g/mol. The Hall–Kier alpha value is -2.02. The lowest BCUT2D eigenvalue weighted by molar-refractivity contribution is -0.122. The Morgan fingerprint density at radius 1 is 1.08 bits per heavy atom. The summed E-state index contributed by atoms with van der Waals surface area (Å²) in [5.41, 5.74) is 1.52. The Morgan fingerprint density at radius 2 is 1.71 bits per heavy atom. The van der Waals surface area contributed by atoms with Crippen molar-refractivity contribution in [3.05, 3.63) is 75.4 Å². The number of hydrogen-bond donors (Lipinski definition) is 0. The summed E-state index contributed by atoms with van der Waals surface area (Å²) in [6, 6.07) is 12.9. The number of nitrogens with zero attached hydrogens (tertiary/aromatic N) is 2. The summed E-state index contributed by atoms with van der Waals surface area (Å²) >= 11 is 12.2. The van der Waals surface area contributed by atoms with Crippen LogP contribution in [0.3, 0.4) is 0 Å². The number of benzene rings is 2. The van der Waals surface area contributed by atoms with E-state index < -0.39 is 0 Å². The Morgan fingerprint density at radius 3 is 2.38 bits per heavy atom. The first-order valence-corrected chi connectivity index (χ1v) is 8.46. The molecule has 0 atom stereocenters. The molecule has 0 aromatic heterocycles. The quantitative estimate of drug-likeness (QED) is 0.441. The van der Waals surface area contributed by atoms with Gasteiger partial charge in [-0.3, -0.25) is 4.79 Å². The second-order valence-electron chi connectivity index (χ2n) is 4.84. The third-order valence-corrected chi connectivity index (χ3v) is 4.67. The first kappa shape index (κ1) is 16.8. The zero-order valence-electron chi connectivity index (χ0n) is 12.1. The minimum absolute atomic E-state index is 0.306. The number of carbonyl (C=O) groups is 1. The van der Waals surface area contributed by atoms with E-state index in [4.69, 9.17) is 23.8 Å². The lowest BCUT2D eigenvalue weighted by atomic mass is 10.2. The zero-order valence-corrected chi connectivity index (χ0v) is 14.5. The van der Waals surface area contributed by atoms with Gasteiger partial charge in [0.15, 0.2) is 4.32 Å². The number of thiocarbonyl (C=S) groups is 1. The van der Waals surface area contributed by atoms with Crippen LogP contribution < -0.4 is 0 Å². The van der Waals surface area contributed by atoms with Gasteiger partial charge in [-0.15, -0.1) is 0 Å². The molecule has 0 saturated carbocycles. The molecule has 0 N–H and O–H groups in total. The minimum atomic E-state index is -0.327. The van der Waals surface area contributed by atoms with Crippen molar-refractivity contribution in [2.45, 2.75) is 0 Å². The molecule has 0 aliphatic carbocycles. The molecule has 3 rings (SSSR count). The summed E-state index contributed by atoms with van der Waals surface area (Å²) in [6.07, 6.45) is 3.21. The molecular formula is C17H10ClFN2OS2. The monoisotopic (exact) mass is 376 g/mol. The summed E-state index contributed by atoms with van der Waals surface area (Å²) in [5.74, 6) is -0.633. The van der Waals surface area contributed by atoms with Crippen molar-refractivity contribution in [3.63, 3.8) is 0 Å². The summed E-state index contributed by atoms with van der Waals surface area (Å²) in [5, 5.41) is 5.94. The van der Waals surface area contributed by atoms with Crippen LogP contribution in [0, 0.1) is 5.82 Å². The molecule has 1 heterocycles. The van der Waals surface area contributed by atoms with Gasteiger partial charge in [-0.1, -0.05) is 47.6 Å². The largest absolute Gasteiger partial charge is 0.286 e. The molecule has 3 nitrogen and oxygen atoms in total. The molecule has 2 aromatic carbocycles. The van der Waals surface area contributed by atoms with E-state index in [2.05, 4.69) is 5.10 Å². The highest BCUT2D eigenvalue weighted by Gasteiger charge is 2.31. The lowest BCUT2D eigenvalue weighted by Crippen LogP contribution is -2.22. The molecule has 2 aromatic rings. The molecule has 0 bridgehead atoms. The van der Waals surface area contributed by atoms with Crippen molar-refractivity contribution < 1.29 is 9.18 Å². The third kappa shape index (κ3) is 3.90. The zero-order chi connectivity index (χ0) is 17.1. The first-order valence-electron chi connectivity index (χ1n) is 6.86. The highest BCUT2D eigenvalue weighted by atomic mass is 35.5. The van der Waals surface area contributed by atoms with Crippen LogP contribution in [0.5, 0.6) is 0 Å². The molecule has 1 amide bonds. The van der Waals surface area contributed by atoms with Crippen molar-refractivity contribution in [2.75, 3.05) is 0 Å². The maximum atomic E-state index is 12.9. The van der Waals surface area contributed by atoms with Gasteiger partial charge in [0.25, 0.3) is 5.91 Å². The summed E-state index contributed by atoms with van der Waals surface area (Å²) < 4.78 is 13.3. The maximum absolute atomic E-state index is 12.9. The van der Waals surface area contributed by atoms with E-state index in [0.717, 1.165) is 22.9 Å². The molecule has 120 valence electrons. The van der Waals surface area contributed by atoms with E-state index in [1.165, 1.54) is 17.1 Å². The number of rotatable bonds is 3. The second-order valence-corrected chi connectivity index (χ2v) is 6.95. The van der Waals surface area contributed by atoms with E-state index in [9.17, 15) is 9.18 Å². The molecule has 7 heteroatoms. The topological polar surface area (TPSA) is 32.7 Å². The van der Waals surface area contributed by atoms with Crippen LogP contribution in [0.15, 0.2) is 58.5 Å². The number of thioether (sulfide) groups is 1. The van der Waals surface area contributed by atoms with Crippen molar-refractivity contribution in [3.8, 4) is 0 Å². The maximum Gasteiger partial charge on any atom is 0.286 e. The fourth-order valence-electron chi connectivity index (χ4n) is 1.94. The smallest absolute Gasteiger partial charge is 0.266 e. The Balaban J connectivity index is 1.78. The van der Waals surface area contributed by atoms with Crippen LogP contribution >= 0.6 is 35.6 Å². The first-order chi connectivity index (χ1) is 11.5. The van der Waals surface area contributed by atoms with Crippen molar-refractivity contribution in [2.24, 2.45) is 5.10 Å². The normalized spacial score (nSPS) is 16.6. The van der Waals surface area contributed by atoms with E-state index >= 15 is 0 Å². The lowest BCUT2D eigenvalue weighted by Gasteiger charge is -2.06. The van der Waals surface area contributed by atoms with Crippen molar-refractivity contribution >= 4 is 58.1 Å². The molecule has 1 aliphatic heterocycles. The van der Waals surface area contributed by atoms with Gasteiger partial charge in [0, 0.05) is 5.02 Å². The number of hydrogen-bond acceptors (Lipinski definition) is 4. The fraction of sp³-hybridized carbons (Fsp3) is 0. The van der Waals surface area contributed by atoms with Gasteiger partial charge in [0.1, 0.15) is 5.82 Å². The van der Waals surface area contributed by atoms with Gasteiger partial charge in [-0.25, -0.2) is 4.39 Å². The van der Waals surface area contributed by atoms with Gasteiger partial charge >= 0.3 is 0 Å². The number of halogens is 2. The Bertz CT molecular complexity index is 848. The highest BCUT2D eigenvalue weighted by molar-refractivity contribution is 8.26. The number of carbonyl (C=O) groups excluding carboxylic acids is 1. The van der Waals surface area contributed by atoms with Gasteiger partial charge < -0.3 is 0 Å². The van der Waals surface area contributed by atoms with Crippen LogP contribution in [0.2, 0.25) is 5.02 Å². The van der Waals surface area contributed by atoms with Gasteiger partial charge in [-0.2, -0.15) is 10.1 Å². The molecule has 1 saturated heterocycles. The Kier molecular flexibility index (Phi) is 5.08. The predicted molar refractivity (Wildman–Crippen MR) is 100 cm³/mol. The molecule has 24 heavy (non-hydrogen) atoms. The SMILES string of the molecule is O=C1/C(=C\c2ccc(F)cc2)SC(=S)N1/N=C/c1ccc(Cl)cc1. The van der Waals surface area contributed by atoms with Gasteiger partial charge in [0.05, 0.1) is 11.1 Å². The standard InChI is InChI=1S/C17H10ClFN2OS2/c18-13-5-1-12(2-6-13)10-20-21-16(22)15(24-17(21)23)9-11-3-7-14(19)8-4-11/h1-10H/b15-9+,20-10+. The molecule has 0 radical (unpaired) electrons. The van der Waals surface area contributed by atoms with Crippen LogP contribution in [0.25, 0.3) is 6.08 Å². The number of amides is 1. The van der Waals surface area contributed by atoms with Crippen molar-refractivity contribution in [1.82, 2.24) is 5.01 Å². The Labute approximate surface area is 152 Å². The van der Waals surface area contributed by atoms with Crippen LogP contribution in [-0.2, 0) is 4.79 Å². The minimum Gasteiger partial charge on any atom is -0.266 e. The van der Waals surface area contributed by atoms with Crippen LogP contribution in [-0.4, -0.2) is 21.5 Å². The predicted octanol–water partition coefficient (Wildman–Crippen LogP) is 4.71. The van der Waals surface area contributed by atoms with Gasteiger partial charge in [-0.05, 0) is 53.7 Å². The second kappa shape index (κ2) is 7.25. The van der Waals surface area contributed by atoms with Gasteiger partial charge in [0.2, 0.25) is 0 Å². The molecule has 0 unspecified atom stereocenters. The van der Waals surface area contributed by atoms with E-state index in [-0.39, 0.29) is 11.7 Å². The number of hydrazone groups is 1. The molecule has 1 aliphatic rings. The van der Waals surface area contributed by atoms with E-state index in [1.807, 2.05) is 0 Å². The van der Waals surface area contributed by atoms with Crippen LogP contribution in [0.1, 0.15) is 11.1 Å². The van der Waals surface area contributed by atoms with Crippen molar-refractivity contribution in [1.29, 1.82) is 0 Å². The summed E-state index contributed by atoms with van der Waals surface area (Å²) in [4.78, 5) is 12.8. The highest BCUT2D eigenvalue weighted by Crippen LogP contribution is 2.32. The average Bonchev–Trinajstić information content (AvgIpc) is 2.83. The van der Waals surface area contributed by atoms with E-state index in [1.54, 1.807) is 48.7 Å². The molecule has 0 spiro atoms. The summed E-state index contributed by atoms with van der Waals surface area (Å²) in [6.45, 7) is 0. The summed E-state index contributed by atoms with van der Waals surface area (Å²) in [7, 11) is 0. The molecular weight excluding hydrogens is 367 g/mol. The van der Waals surface area contributed by atoms with E-state index in [0.29, 0.717) is 14.2 Å². The third-order valence-electron chi connectivity index (χ3n) is 3.13. The molecule has 1 fully saturated rings.